The van der Waals surface area contributed by atoms with Gasteiger partial charge in [-0.1, -0.05) is 0 Å². The summed E-state index contributed by atoms with van der Waals surface area (Å²) in [5.41, 5.74) is 0.846. The average Bonchev–Trinajstić information content (AvgIpc) is 1.84. The smallest absolute Gasteiger partial charge is 0.158 e. The number of rotatable bonds is 0. The highest BCUT2D eigenvalue weighted by Gasteiger charge is 2.00. The van der Waals surface area contributed by atoms with E-state index in [1.165, 1.54) is 12.1 Å². The van der Waals surface area contributed by atoms with Crippen molar-refractivity contribution in [3.8, 4) is 11.5 Å². The van der Waals surface area contributed by atoms with Crippen LogP contribution in [0.3, 0.4) is 0 Å². The monoisotopic (exact) mass is 156 g/mol. The van der Waals surface area contributed by atoms with Gasteiger partial charge in [0.2, 0.25) is 0 Å². The molecule has 0 unspecified atom stereocenters. The Balaban J connectivity index is 3.28. The number of thiol groups is 1. The first-order valence-electron chi connectivity index (χ1n) is 2.83. The van der Waals surface area contributed by atoms with Crippen molar-refractivity contribution in [1.82, 2.24) is 0 Å². The lowest BCUT2D eigenvalue weighted by Crippen LogP contribution is -1.75. The van der Waals surface area contributed by atoms with E-state index < -0.39 is 0 Å². The molecule has 0 saturated carbocycles. The molecule has 0 aliphatic heterocycles. The molecular weight excluding hydrogens is 148 g/mol. The molecule has 1 aromatic rings. The molecule has 0 aliphatic carbocycles. The molecule has 0 atom stereocenters. The Bertz CT molecular complexity index is 208. The van der Waals surface area contributed by atoms with Crippen LogP contribution in [0.1, 0.15) is 5.56 Å². The fraction of sp³-hybridized carbons (Fsp3) is 0.143. The van der Waals surface area contributed by atoms with Crippen LogP contribution in [0, 0.1) is 6.92 Å². The summed E-state index contributed by atoms with van der Waals surface area (Å²) in [6.45, 7) is 1.81. The zero-order chi connectivity index (χ0) is 7.72. The molecule has 0 fully saturated rings. The van der Waals surface area contributed by atoms with Crippen LogP contribution in [-0.4, -0.2) is 10.2 Å². The molecular formula is C7H8O2S. The van der Waals surface area contributed by atoms with Gasteiger partial charge in [0.15, 0.2) is 11.5 Å². The molecule has 0 spiro atoms. The first kappa shape index (κ1) is 7.28. The van der Waals surface area contributed by atoms with Gasteiger partial charge in [-0.3, -0.25) is 0 Å². The van der Waals surface area contributed by atoms with E-state index in [0.717, 1.165) is 5.56 Å². The quantitative estimate of drug-likeness (QED) is 0.395. The van der Waals surface area contributed by atoms with Crippen molar-refractivity contribution in [3.05, 3.63) is 17.7 Å². The standard InChI is InChI=1S/C7H8O2S/c1-4-2-5(8)6(9)3-7(4)10/h2-3,8-10H,1H3. The molecule has 0 aliphatic rings. The molecule has 2 N–H and O–H groups in total. The van der Waals surface area contributed by atoms with Crippen molar-refractivity contribution in [2.45, 2.75) is 11.8 Å². The minimum absolute atomic E-state index is 0.102. The van der Waals surface area contributed by atoms with Crippen LogP contribution in [0.5, 0.6) is 11.5 Å². The van der Waals surface area contributed by atoms with Crippen LogP contribution in [0.2, 0.25) is 0 Å². The molecule has 0 saturated heterocycles. The van der Waals surface area contributed by atoms with Crippen molar-refractivity contribution in [1.29, 1.82) is 0 Å². The molecule has 0 radical (unpaired) electrons. The maximum Gasteiger partial charge on any atom is 0.158 e. The summed E-state index contributed by atoms with van der Waals surface area (Å²) in [7, 11) is 0. The minimum Gasteiger partial charge on any atom is -0.504 e. The Morgan fingerprint density at radius 2 is 1.70 bits per heavy atom. The van der Waals surface area contributed by atoms with Crippen LogP contribution in [0.15, 0.2) is 17.0 Å². The Hall–Kier alpha value is -0.830. The van der Waals surface area contributed by atoms with E-state index in [1.807, 2.05) is 6.92 Å². The summed E-state index contributed by atoms with van der Waals surface area (Å²) >= 11 is 4.04. The minimum atomic E-state index is -0.129. The van der Waals surface area contributed by atoms with Crippen molar-refractivity contribution >= 4 is 12.6 Å². The second-order valence-electron chi connectivity index (χ2n) is 2.13. The van der Waals surface area contributed by atoms with Gasteiger partial charge >= 0.3 is 0 Å². The van der Waals surface area contributed by atoms with Gasteiger partial charge in [-0.05, 0) is 24.6 Å². The SMILES string of the molecule is Cc1cc(O)c(O)cc1S. The van der Waals surface area contributed by atoms with Crippen molar-refractivity contribution in [2.24, 2.45) is 0 Å². The van der Waals surface area contributed by atoms with E-state index in [2.05, 4.69) is 12.6 Å². The van der Waals surface area contributed by atoms with E-state index >= 15 is 0 Å². The highest BCUT2D eigenvalue weighted by atomic mass is 32.1. The maximum atomic E-state index is 8.94. The first-order valence-corrected chi connectivity index (χ1v) is 3.27. The van der Waals surface area contributed by atoms with Gasteiger partial charge < -0.3 is 10.2 Å². The number of phenolic OH excluding ortho intramolecular Hbond substituents is 2. The number of hydrogen-bond acceptors (Lipinski definition) is 3. The number of aryl methyl sites for hydroxylation is 1. The number of aromatic hydroxyl groups is 2. The lowest BCUT2D eigenvalue weighted by Gasteiger charge is -2.00. The van der Waals surface area contributed by atoms with E-state index in [0.29, 0.717) is 4.90 Å². The lowest BCUT2D eigenvalue weighted by atomic mass is 10.2. The third kappa shape index (κ3) is 1.19. The van der Waals surface area contributed by atoms with Crippen LogP contribution in [0.25, 0.3) is 0 Å². The Kier molecular flexibility index (Phi) is 1.76. The molecule has 0 aromatic heterocycles. The van der Waals surface area contributed by atoms with Gasteiger partial charge in [0.05, 0.1) is 0 Å². The molecule has 2 nitrogen and oxygen atoms in total. The number of benzene rings is 1. The number of hydrogen-bond donors (Lipinski definition) is 3. The molecule has 1 rings (SSSR count). The predicted molar refractivity (Wildman–Crippen MR) is 41.8 cm³/mol. The van der Waals surface area contributed by atoms with E-state index in [-0.39, 0.29) is 11.5 Å². The zero-order valence-electron chi connectivity index (χ0n) is 5.50. The maximum absolute atomic E-state index is 8.94. The van der Waals surface area contributed by atoms with Crippen molar-refractivity contribution in [3.63, 3.8) is 0 Å². The lowest BCUT2D eigenvalue weighted by molar-refractivity contribution is 0.402. The molecule has 0 bridgehead atoms. The zero-order valence-corrected chi connectivity index (χ0v) is 6.39. The first-order chi connectivity index (χ1) is 4.61. The molecule has 10 heavy (non-hydrogen) atoms. The van der Waals surface area contributed by atoms with Crippen LogP contribution in [-0.2, 0) is 0 Å². The second kappa shape index (κ2) is 2.42. The fourth-order valence-electron chi connectivity index (χ4n) is 0.670. The average molecular weight is 156 g/mol. The fourth-order valence-corrected chi connectivity index (χ4v) is 0.857. The third-order valence-corrected chi connectivity index (χ3v) is 1.77. The summed E-state index contributed by atoms with van der Waals surface area (Å²) in [6, 6.07) is 2.88. The third-order valence-electron chi connectivity index (χ3n) is 1.29. The van der Waals surface area contributed by atoms with Gasteiger partial charge in [0.1, 0.15) is 0 Å². The Labute approximate surface area is 64.5 Å². The van der Waals surface area contributed by atoms with Crippen LogP contribution >= 0.6 is 12.6 Å². The second-order valence-corrected chi connectivity index (χ2v) is 2.61. The van der Waals surface area contributed by atoms with Gasteiger partial charge in [0.25, 0.3) is 0 Å². The molecule has 1 aromatic carbocycles. The highest BCUT2D eigenvalue weighted by molar-refractivity contribution is 7.80. The molecule has 54 valence electrons. The van der Waals surface area contributed by atoms with E-state index in [4.69, 9.17) is 10.2 Å². The molecule has 0 heterocycles. The highest BCUT2D eigenvalue weighted by Crippen LogP contribution is 2.29. The largest absolute Gasteiger partial charge is 0.504 e. The Morgan fingerprint density at radius 3 is 2.20 bits per heavy atom. The van der Waals surface area contributed by atoms with Crippen LogP contribution < -0.4 is 0 Å². The normalized spacial score (nSPS) is 9.80. The summed E-state index contributed by atoms with van der Waals surface area (Å²) in [5, 5.41) is 17.9. The molecule has 3 heteroatoms. The van der Waals surface area contributed by atoms with Crippen molar-refractivity contribution < 1.29 is 10.2 Å². The summed E-state index contributed by atoms with van der Waals surface area (Å²) in [6.07, 6.45) is 0. The number of phenols is 2. The molecule has 0 amide bonds. The van der Waals surface area contributed by atoms with Gasteiger partial charge in [0, 0.05) is 4.90 Å². The van der Waals surface area contributed by atoms with E-state index in [1.54, 1.807) is 0 Å². The summed E-state index contributed by atoms with van der Waals surface area (Å²) in [5.74, 6) is -0.231. The predicted octanol–water partition coefficient (Wildman–Crippen LogP) is 1.69. The van der Waals surface area contributed by atoms with Gasteiger partial charge in [-0.2, -0.15) is 0 Å². The van der Waals surface area contributed by atoms with E-state index in [9.17, 15) is 0 Å². The summed E-state index contributed by atoms with van der Waals surface area (Å²) < 4.78 is 0. The van der Waals surface area contributed by atoms with Crippen molar-refractivity contribution in [2.75, 3.05) is 0 Å². The van der Waals surface area contributed by atoms with Gasteiger partial charge in [-0.25, -0.2) is 0 Å². The summed E-state index contributed by atoms with van der Waals surface area (Å²) in [4.78, 5) is 0.676. The van der Waals surface area contributed by atoms with Crippen LogP contribution in [0.4, 0.5) is 0 Å². The topological polar surface area (TPSA) is 40.5 Å². The van der Waals surface area contributed by atoms with Gasteiger partial charge in [-0.15, -0.1) is 12.6 Å². The Morgan fingerprint density at radius 1 is 1.20 bits per heavy atom.